The summed E-state index contributed by atoms with van der Waals surface area (Å²) >= 11 is 0. The van der Waals surface area contributed by atoms with Crippen molar-refractivity contribution in [3.05, 3.63) is 60.0 Å². The number of H-pyrrole nitrogens is 1. The summed E-state index contributed by atoms with van der Waals surface area (Å²) in [4.78, 5) is 10.4. The van der Waals surface area contributed by atoms with Crippen LogP contribution in [0.25, 0.3) is 10.9 Å². The number of pyridine rings is 1. The first-order chi connectivity index (χ1) is 12.8. The van der Waals surface area contributed by atoms with Crippen LogP contribution in [-0.2, 0) is 17.8 Å². The van der Waals surface area contributed by atoms with E-state index in [2.05, 4.69) is 39.1 Å². The Morgan fingerprint density at radius 3 is 2.96 bits per heavy atom. The Morgan fingerprint density at radius 2 is 2.19 bits per heavy atom. The van der Waals surface area contributed by atoms with Crippen LogP contribution < -0.4 is 4.74 Å². The van der Waals surface area contributed by atoms with Crippen molar-refractivity contribution >= 4 is 10.9 Å². The van der Waals surface area contributed by atoms with Gasteiger partial charge >= 0.3 is 0 Å². The summed E-state index contributed by atoms with van der Waals surface area (Å²) in [5.41, 5.74) is 3.42. The van der Waals surface area contributed by atoms with Gasteiger partial charge in [-0.25, -0.2) is 0 Å². The first kappa shape index (κ1) is 17.1. The van der Waals surface area contributed by atoms with E-state index in [9.17, 15) is 0 Å². The number of aromatic nitrogens is 2. The zero-order valence-corrected chi connectivity index (χ0v) is 15.1. The van der Waals surface area contributed by atoms with Gasteiger partial charge in [-0.05, 0) is 49.2 Å². The molecule has 0 radical (unpaired) electrons. The number of rotatable bonds is 7. The number of hydrogen-bond donors (Lipinski definition) is 1. The predicted octanol–water partition coefficient (Wildman–Crippen LogP) is 3.75. The van der Waals surface area contributed by atoms with E-state index in [4.69, 9.17) is 9.47 Å². The predicted molar refractivity (Wildman–Crippen MR) is 102 cm³/mol. The van der Waals surface area contributed by atoms with Crippen molar-refractivity contribution < 1.29 is 9.47 Å². The third-order valence-corrected chi connectivity index (χ3v) is 4.88. The molecule has 1 aliphatic rings. The molecular formula is C21H25N3O2. The maximum absolute atomic E-state index is 5.86. The van der Waals surface area contributed by atoms with E-state index in [-0.39, 0.29) is 0 Å². The molecule has 5 heteroatoms. The molecule has 0 aliphatic carbocycles. The second kappa shape index (κ2) is 7.89. The lowest BCUT2D eigenvalue weighted by molar-refractivity contribution is 0.0671. The number of methoxy groups -OCH3 is 1. The Kier molecular flexibility index (Phi) is 5.18. The van der Waals surface area contributed by atoms with Gasteiger partial charge in [-0.1, -0.05) is 6.07 Å². The van der Waals surface area contributed by atoms with Gasteiger partial charge in [0, 0.05) is 49.0 Å². The first-order valence-corrected chi connectivity index (χ1v) is 9.19. The maximum atomic E-state index is 5.86. The second-order valence-corrected chi connectivity index (χ2v) is 6.87. The molecule has 3 heterocycles. The largest absolute Gasteiger partial charge is 0.497 e. The molecule has 1 unspecified atom stereocenters. The number of nitrogens with zero attached hydrogens (tertiary/aromatic N) is 2. The Hall–Kier alpha value is -2.37. The molecule has 1 aliphatic heterocycles. The number of ether oxygens (including phenoxy) is 2. The average Bonchev–Trinajstić information content (AvgIpc) is 3.31. The second-order valence-electron chi connectivity index (χ2n) is 6.87. The molecule has 4 rings (SSSR count). The van der Waals surface area contributed by atoms with Crippen LogP contribution in [0.1, 0.15) is 24.2 Å². The van der Waals surface area contributed by atoms with Gasteiger partial charge in [0.15, 0.2) is 0 Å². The highest BCUT2D eigenvalue weighted by atomic mass is 16.5. The molecule has 1 saturated heterocycles. The lowest BCUT2D eigenvalue weighted by atomic mass is 10.2. The zero-order chi connectivity index (χ0) is 17.8. The van der Waals surface area contributed by atoms with Crippen LogP contribution in [0.3, 0.4) is 0 Å². The van der Waals surface area contributed by atoms with Gasteiger partial charge in [0.05, 0.1) is 18.9 Å². The lowest BCUT2D eigenvalue weighted by Gasteiger charge is -2.24. The summed E-state index contributed by atoms with van der Waals surface area (Å²) in [7, 11) is 1.70. The van der Waals surface area contributed by atoms with Crippen molar-refractivity contribution in [1.82, 2.24) is 14.9 Å². The molecule has 2 aromatic heterocycles. The minimum atomic E-state index is 0.322. The fraction of sp³-hybridized carbons (Fsp3) is 0.381. The number of aromatic amines is 1. The summed E-state index contributed by atoms with van der Waals surface area (Å²) in [6, 6.07) is 14.4. The monoisotopic (exact) mass is 351 g/mol. The Bertz CT molecular complexity index is 841. The summed E-state index contributed by atoms with van der Waals surface area (Å²) in [5, 5.41) is 1.18. The molecular weight excluding hydrogens is 326 g/mol. The molecule has 0 saturated carbocycles. The van der Waals surface area contributed by atoms with Crippen molar-refractivity contribution in [1.29, 1.82) is 0 Å². The highest BCUT2D eigenvalue weighted by Gasteiger charge is 2.20. The van der Waals surface area contributed by atoms with Crippen molar-refractivity contribution in [3.8, 4) is 5.75 Å². The number of fused-ring (bicyclic) bond motifs is 1. The van der Waals surface area contributed by atoms with Crippen LogP contribution in [0.2, 0.25) is 0 Å². The van der Waals surface area contributed by atoms with Crippen molar-refractivity contribution in [2.24, 2.45) is 0 Å². The van der Waals surface area contributed by atoms with E-state index >= 15 is 0 Å². The van der Waals surface area contributed by atoms with Crippen LogP contribution in [0, 0.1) is 0 Å². The van der Waals surface area contributed by atoms with Crippen molar-refractivity contribution in [2.45, 2.75) is 32.0 Å². The summed E-state index contributed by atoms with van der Waals surface area (Å²) in [5.74, 6) is 0.882. The summed E-state index contributed by atoms with van der Waals surface area (Å²) in [6.45, 7) is 3.47. The Labute approximate surface area is 153 Å². The normalized spacial score (nSPS) is 17.2. The van der Waals surface area contributed by atoms with Gasteiger partial charge < -0.3 is 14.5 Å². The third-order valence-electron chi connectivity index (χ3n) is 4.88. The SMILES string of the molecule is COc1ccc2[nH]c(CN(Cc3ccccn3)CC3CCCO3)cc2c1. The van der Waals surface area contributed by atoms with Crippen LogP contribution in [0.15, 0.2) is 48.7 Å². The van der Waals surface area contributed by atoms with Gasteiger partial charge in [0.1, 0.15) is 5.75 Å². The third kappa shape index (κ3) is 4.06. The van der Waals surface area contributed by atoms with E-state index in [1.165, 1.54) is 11.1 Å². The molecule has 136 valence electrons. The molecule has 0 spiro atoms. The highest BCUT2D eigenvalue weighted by molar-refractivity contribution is 5.81. The smallest absolute Gasteiger partial charge is 0.119 e. The fourth-order valence-electron chi connectivity index (χ4n) is 3.61. The van der Waals surface area contributed by atoms with Crippen molar-refractivity contribution in [2.75, 3.05) is 20.3 Å². The van der Waals surface area contributed by atoms with Gasteiger partial charge in [-0.2, -0.15) is 0 Å². The molecule has 0 amide bonds. The van der Waals surface area contributed by atoms with Crippen LogP contribution in [-0.4, -0.2) is 41.2 Å². The first-order valence-electron chi connectivity index (χ1n) is 9.19. The standard InChI is InChI=1S/C21H25N3O2/c1-25-19-7-8-21-16(12-19)11-18(23-21)14-24(15-20-6-4-10-26-20)13-17-5-2-3-9-22-17/h2-3,5,7-9,11-12,20,23H,4,6,10,13-15H2,1H3. The van der Waals surface area contributed by atoms with E-state index in [0.717, 1.165) is 56.0 Å². The molecule has 3 aromatic rings. The molecule has 5 nitrogen and oxygen atoms in total. The highest BCUT2D eigenvalue weighted by Crippen LogP contribution is 2.23. The average molecular weight is 351 g/mol. The molecule has 1 atom stereocenters. The minimum absolute atomic E-state index is 0.322. The van der Waals surface area contributed by atoms with Gasteiger partial charge in [0.2, 0.25) is 0 Å². The van der Waals surface area contributed by atoms with E-state index in [0.29, 0.717) is 6.10 Å². The molecule has 26 heavy (non-hydrogen) atoms. The summed E-state index contributed by atoms with van der Waals surface area (Å²) in [6.07, 6.45) is 4.48. The maximum Gasteiger partial charge on any atom is 0.119 e. The number of hydrogen-bond acceptors (Lipinski definition) is 4. The molecule has 0 bridgehead atoms. The topological polar surface area (TPSA) is 50.4 Å². The van der Waals surface area contributed by atoms with Gasteiger partial charge in [-0.3, -0.25) is 9.88 Å². The van der Waals surface area contributed by atoms with Gasteiger partial charge in [-0.15, -0.1) is 0 Å². The fourth-order valence-corrected chi connectivity index (χ4v) is 3.61. The molecule has 1 aromatic carbocycles. The van der Waals surface area contributed by atoms with Crippen LogP contribution >= 0.6 is 0 Å². The molecule has 1 fully saturated rings. The quantitative estimate of drug-likeness (QED) is 0.704. The Morgan fingerprint density at radius 1 is 1.23 bits per heavy atom. The zero-order valence-electron chi connectivity index (χ0n) is 15.1. The van der Waals surface area contributed by atoms with Crippen LogP contribution in [0.5, 0.6) is 5.75 Å². The number of nitrogens with one attached hydrogen (secondary N) is 1. The van der Waals surface area contributed by atoms with E-state index < -0.39 is 0 Å². The van der Waals surface area contributed by atoms with E-state index in [1.807, 2.05) is 24.4 Å². The Balaban J connectivity index is 1.52. The molecule has 1 N–H and O–H groups in total. The van der Waals surface area contributed by atoms with E-state index in [1.54, 1.807) is 7.11 Å². The van der Waals surface area contributed by atoms with Crippen molar-refractivity contribution in [3.63, 3.8) is 0 Å². The minimum Gasteiger partial charge on any atom is -0.497 e. The lowest BCUT2D eigenvalue weighted by Crippen LogP contribution is -2.31. The number of benzene rings is 1. The van der Waals surface area contributed by atoms with Crippen LogP contribution in [0.4, 0.5) is 0 Å². The van der Waals surface area contributed by atoms with Gasteiger partial charge in [0.25, 0.3) is 0 Å². The summed E-state index contributed by atoms with van der Waals surface area (Å²) < 4.78 is 11.2.